The lowest BCUT2D eigenvalue weighted by Crippen LogP contribution is -2.26. The summed E-state index contributed by atoms with van der Waals surface area (Å²) in [5.41, 5.74) is 0.0597. The lowest BCUT2D eigenvalue weighted by molar-refractivity contribution is -0.137. The molecule has 0 fully saturated rings. The lowest BCUT2D eigenvalue weighted by Gasteiger charge is -2.15. The molecule has 0 unspecified atom stereocenters. The number of aryl methyl sites for hydroxylation is 1. The van der Waals surface area contributed by atoms with Gasteiger partial charge in [-0.05, 0) is 42.8 Å². The molecule has 0 amide bonds. The third-order valence-electron chi connectivity index (χ3n) is 3.68. The van der Waals surface area contributed by atoms with Gasteiger partial charge in [0.1, 0.15) is 17.6 Å². The molecule has 1 aromatic carbocycles. The normalized spacial score (nSPS) is 11.3. The molecule has 11 heteroatoms. The van der Waals surface area contributed by atoms with Crippen LogP contribution in [0.2, 0.25) is 0 Å². The highest BCUT2D eigenvalue weighted by molar-refractivity contribution is 6.64. The van der Waals surface area contributed by atoms with Crippen molar-refractivity contribution in [3.8, 4) is 22.8 Å². The average molecular weight is 409 g/mol. The minimum absolute atomic E-state index is 0.0983. The Hall–Kier alpha value is -3.27. The van der Waals surface area contributed by atoms with Crippen LogP contribution in [0.1, 0.15) is 11.1 Å². The minimum atomic E-state index is -4.57. The van der Waals surface area contributed by atoms with Crippen LogP contribution in [-0.2, 0) is 6.18 Å². The highest BCUT2D eigenvalue weighted by atomic mass is 35.5. The predicted octanol–water partition coefficient (Wildman–Crippen LogP) is 3.96. The number of benzene rings is 1. The molecule has 0 aliphatic rings. The van der Waals surface area contributed by atoms with E-state index in [-0.39, 0.29) is 17.1 Å². The number of halogens is 4. The van der Waals surface area contributed by atoms with Crippen LogP contribution in [0, 0.1) is 17.7 Å². The fraction of sp³-hybridized carbons (Fsp3) is 0.118. The van der Waals surface area contributed by atoms with Gasteiger partial charge in [-0.1, -0.05) is 0 Å². The molecular formula is C17H12ClF3N6O. The number of nitrogens with zero attached hydrogens (tertiary/aromatic N) is 4. The maximum Gasteiger partial charge on any atom is 0.416 e. The minimum Gasteiger partial charge on any atom is -0.437 e. The molecule has 0 aliphatic heterocycles. The highest BCUT2D eigenvalue weighted by Crippen LogP contribution is 2.38. The zero-order valence-corrected chi connectivity index (χ0v) is 15.0. The molecule has 0 saturated carbocycles. The first kappa shape index (κ1) is 19.5. The Morgan fingerprint density at radius 1 is 1.18 bits per heavy atom. The summed E-state index contributed by atoms with van der Waals surface area (Å²) in [6.07, 6.45) is -0.411. The van der Waals surface area contributed by atoms with Crippen molar-refractivity contribution >= 4 is 16.9 Å². The van der Waals surface area contributed by atoms with Crippen molar-refractivity contribution in [2.45, 2.75) is 13.1 Å². The van der Waals surface area contributed by atoms with E-state index >= 15 is 0 Å². The molecule has 2 heterocycles. The quantitative estimate of drug-likeness (QED) is 0.506. The molecule has 0 bridgehead atoms. The Labute approximate surface area is 161 Å². The summed E-state index contributed by atoms with van der Waals surface area (Å²) in [6.45, 7) is 1.57. The number of hydrogen-bond donors (Lipinski definition) is 2. The van der Waals surface area contributed by atoms with E-state index in [4.69, 9.17) is 27.2 Å². The van der Waals surface area contributed by atoms with Crippen molar-refractivity contribution in [1.82, 2.24) is 19.7 Å². The molecule has 28 heavy (non-hydrogen) atoms. The number of aromatic nitrogens is 4. The number of alkyl halides is 3. The van der Waals surface area contributed by atoms with Crippen molar-refractivity contribution in [3.63, 3.8) is 0 Å². The molecule has 0 atom stereocenters. The number of nitrogens with one attached hydrogen (secondary N) is 2. The van der Waals surface area contributed by atoms with E-state index in [9.17, 15) is 13.2 Å². The summed E-state index contributed by atoms with van der Waals surface area (Å²) in [5, 5.41) is 18.6. The highest BCUT2D eigenvalue weighted by Gasteiger charge is 2.31. The first-order chi connectivity index (χ1) is 13.2. The SMILES string of the molecule is Cc1cc(=N)n(C(=N)Cl)nc1Oc1cc(C(F)(F)F)ccc1-c1cncnc1. The fourth-order valence-corrected chi connectivity index (χ4v) is 2.49. The topological polar surface area (TPSA) is 101 Å². The van der Waals surface area contributed by atoms with Crippen LogP contribution in [0.4, 0.5) is 13.2 Å². The summed E-state index contributed by atoms with van der Waals surface area (Å²) in [5.74, 6) is -0.232. The largest absolute Gasteiger partial charge is 0.437 e. The van der Waals surface area contributed by atoms with E-state index in [1.807, 2.05) is 0 Å². The lowest BCUT2D eigenvalue weighted by atomic mass is 10.0. The summed E-state index contributed by atoms with van der Waals surface area (Å²) in [6, 6.07) is 4.35. The van der Waals surface area contributed by atoms with Crippen molar-refractivity contribution in [2.75, 3.05) is 0 Å². The van der Waals surface area contributed by atoms with Crippen LogP contribution in [0.25, 0.3) is 11.1 Å². The summed E-state index contributed by atoms with van der Waals surface area (Å²) >= 11 is 5.59. The number of ether oxygens (including phenoxy) is 1. The van der Waals surface area contributed by atoms with Crippen LogP contribution in [0.15, 0.2) is 43.0 Å². The van der Waals surface area contributed by atoms with Gasteiger partial charge in [-0.25, -0.2) is 9.97 Å². The second-order valence-corrected chi connectivity index (χ2v) is 6.02. The summed E-state index contributed by atoms with van der Waals surface area (Å²) < 4.78 is 45.9. The Bertz CT molecular complexity index is 1100. The van der Waals surface area contributed by atoms with Crippen LogP contribution in [-0.4, -0.2) is 25.0 Å². The Morgan fingerprint density at radius 2 is 1.86 bits per heavy atom. The van der Waals surface area contributed by atoms with Crippen LogP contribution < -0.4 is 10.2 Å². The third kappa shape index (κ3) is 4.01. The van der Waals surface area contributed by atoms with Gasteiger partial charge in [-0.2, -0.15) is 17.9 Å². The van der Waals surface area contributed by atoms with Crippen molar-refractivity contribution < 1.29 is 17.9 Å². The Kier molecular flexibility index (Phi) is 5.14. The molecule has 2 N–H and O–H groups in total. The van der Waals surface area contributed by atoms with Gasteiger partial charge in [0.15, 0.2) is 0 Å². The summed E-state index contributed by atoms with van der Waals surface area (Å²) in [4.78, 5) is 7.74. The molecule has 0 saturated heterocycles. The van der Waals surface area contributed by atoms with Crippen molar-refractivity contribution in [2.24, 2.45) is 0 Å². The van der Waals surface area contributed by atoms with Gasteiger partial charge in [-0.15, -0.1) is 5.10 Å². The van der Waals surface area contributed by atoms with Gasteiger partial charge in [0, 0.05) is 29.1 Å². The molecular weight excluding hydrogens is 397 g/mol. The molecule has 0 spiro atoms. The molecule has 2 aromatic heterocycles. The van der Waals surface area contributed by atoms with Crippen LogP contribution in [0.3, 0.4) is 0 Å². The fourth-order valence-electron chi connectivity index (χ4n) is 2.37. The van der Waals surface area contributed by atoms with E-state index in [0.29, 0.717) is 16.7 Å². The zero-order valence-electron chi connectivity index (χ0n) is 14.3. The maximum absolute atomic E-state index is 13.2. The van der Waals surface area contributed by atoms with E-state index in [2.05, 4.69) is 15.1 Å². The number of hydrogen-bond acceptors (Lipinski definition) is 6. The molecule has 0 radical (unpaired) electrons. The van der Waals surface area contributed by atoms with Gasteiger partial charge in [0.05, 0.1) is 5.56 Å². The molecule has 0 aliphatic carbocycles. The smallest absolute Gasteiger partial charge is 0.416 e. The van der Waals surface area contributed by atoms with Crippen molar-refractivity contribution in [1.29, 1.82) is 10.8 Å². The molecule has 3 rings (SSSR count). The van der Waals surface area contributed by atoms with Crippen LogP contribution in [0.5, 0.6) is 11.6 Å². The van der Waals surface area contributed by atoms with E-state index in [0.717, 1.165) is 16.8 Å². The van der Waals surface area contributed by atoms with Crippen molar-refractivity contribution in [3.05, 3.63) is 59.6 Å². The second kappa shape index (κ2) is 7.39. The van der Waals surface area contributed by atoms with E-state index in [1.54, 1.807) is 6.92 Å². The third-order valence-corrected chi connectivity index (χ3v) is 3.84. The second-order valence-electron chi connectivity index (χ2n) is 5.66. The van der Waals surface area contributed by atoms with Gasteiger partial charge in [0.25, 0.3) is 0 Å². The van der Waals surface area contributed by atoms with E-state index < -0.39 is 17.0 Å². The first-order valence-corrected chi connectivity index (χ1v) is 8.09. The molecule has 144 valence electrons. The Balaban J connectivity index is 2.16. The van der Waals surface area contributed by atoms with Gasteiger partial charge < -0.3 is 4.74 Å². The average Bonchev–Trinajstić information content (AvgIpc) is 2.63. The zero-order chi connectivity index (χ0) is 20.5. The molecule has 7 nitrogen and oxygen atoms in total. The van der Waals surface area contributed by atoms with Gasteiger partial charge in [-0.3, -0.25) is 10.8 Å². The molecule has 3 aromatic rings. The summed E-state index contributed by atoms with van der Waals surface area (Å²) in [7, 11) is 0. The first-order valence-electron chi connectivity index (χ1n) is 7.71. The van der Waals surface area contributed by atoms with Gasteiger partial charge in [0.2, 0.25) is 11.2 Å². The predicted molar refractivity (Wildman–Crippen MR) is 94.3 cm³/mol. The van der Waals surface area contributed by atoms with Gasteiger partial charge >= 0.3 is 6.18 Å². The number of rotatable bonds is 3. The standard InChI is InChI=1S/C17H12ClF3N6O/c1-9-4-14(22)27(16(18)23)26-15(9)28-13-5-11(17(19,20)21)2-3-12(13)10-6-24-8-25-7-10/h2-8,22-23H,1H3. The van der Waals surface area contributed by atoms with Crippen LogP contribution >= 0.6 is 11.6 Å². The maximum atomic E-state index is 13.2. The monoisotopic (exact) mass is 408 g/mol. The van der Waals surface area contributed by atoms with E-state index in [1.165, 1.54) is 30.9 Å². The Morgan fingerprint density at radius 3 is 2.46 bits per heavy atom.